The average Bonchev–Trinajstić information content (AvgIpc) is 3.83. The molecule has 4 aliphatic heterocycles. The van der Waals surface area contributed by atoms with Crippen molar-refractivity contribution in [2.24, 2.45) is 0 Å². The maximum atomic E-state index is 14.0. The van der Waals surface area contributed by atoms with E-state index in [4.69, 9.17) is 23.1 Å². The number of hydrogen-bond acceptors (Lipinski definition) is 10. The van der Waals surface area contributed by atoms with Gasteiger partial charge in [-0.1, -0.05) is 101 Å². The molecule has 0 bridgehead atoms. The van der Waals surface area contributed by atoms with E-state index in [-0.39, 0.29) is 52.6 Å². The molecule has 2 aromatic carbocycles. The predicted molar refractivity (Wildman–Crippen MR) is 291 cm³/mol. The summed E-state index contributed by atoms with van der Waals surface area (Å²) in [5, 5.41) is 10.2. The molecular weight excluding hydrogens is 1040 g/mol. The summed E-state index contributed by atoms with van der Waals surface area (Å²) in [7, 11) is -4.76. The number of aryl methyl sites for hydroxylation is 2. The summed E-state index contributed by atoms with van der Waals surface area (Å²) in [4.78, 5) is 61.0. The number of hydrogen-bond donors (Lipinski definition) is 1. The number of rotatable bonds is 14. The Hall–Kier alpha value is -4.44. The molecule has 2 aromatic rings. The number of benzene rings is 2. The Morgan fingerprint density at radius 1 is 0.700 bits per heavy atom. The van der Waals surface area contributed by atoms with Crippen LogP contribution in [-0.2, 0) is 18.3 Å². The van der Waals surface area contributed by atoms with E-state index in [1.165, 1.54) is 17.0 Å². The van der Waals surface area contributed by atoms with E-state index in [1.54, 1.807) is 33.8 Å². The first-order chi connectivity index (χ1) is 32.6. The van der Waals surface area contributed by atoms with Crippen molar-refractivity contribution in [1.29, 1.82) is 0 Å². The zero-order valence-electron chi connectivity index (χ0n) is 44.0. The third kappa shape index (κ3) is 12.2. The van der Waals surface area contributed by atoms with Crippen molar-refractivity contribution < 1.29 is 47.3 Å². The Kier molecular flexibility index (Phi) is 18.2. The normalized spacial score (nSPS) is 20.2. The highest BCUT2D eigenvalue weighted by Gasteiger charge is 2.52. The molecule has 0 aromatic heterocycles. The fraction of sp³-hybridized carbons (Fsp3) is 0.547. The number of alkyl halides is 1. The number of ether oxygens (including phenoxy) is 3. The summed E-state index contributed by atoms with van der Waals surface area (Å²) in [6.07, 6.45) is 8.45. The van der Waals surface area contributed by atoms with Gasteiger partial charge in [-0.3, -0.25) is 9.59 Å². The minimum absolute atomic E-state index is 0.00192. The Morgan fingerprint density at radius 3 is 1.54 bits per heavy atom. The van der Waals surface area contributed by atoms with Gasteiger partial charge in [-0.25, -0.2) is 19.4 Å². The van der Waals surface area contributed by atoms with Crippen molar-refractivity contribution in [2.45, 2.75) is 162 Å². The molecule has 17 heteroatoms. The van der Waals surface area contributed by atoms with Crippen molar-refractivity contribution in [3.05, 3.63) is 95.4 Å². The van der Waals surface area contributed by atoms with E-state index in [0.717, 1.165) is 40.4 Å². The van der Waals surface area contributed by atoms with Gasteiger partial charge in [0.15, 0.2) is 29.1 Å². The van der Waals surface area contributed by atoms with Gasteiger partial charge in [0.2, 0.25) is 0 Å². The van der Waals surface area contributed by atoms with Gasteiger partial charge in [0.25, 0.3) is 11.8 Å². The number of aromatic hydroxyl groups is 1. The lowest BCUT2D eigenvalue weighted by atomic mass is 10.1. The summed E-state index contributed by atoms with van der Waals surface area (Å²) in [5.74, 6) is 0.277. The summed E-state index contributed by atoms with van der Waals surface area (Å²) >= 11 is 2.39. The van der Waals surface area contributed by atoms with Crippen molar-refractivity contribution in [2.75, 3.05) is 34.0 Å². The van der Waals surface area contributed by atoms with Crippen LogP contribution in [0.2, 0.25) is 36.3 Å². The highest BCUT2D eigenvalue weighted by Crippen LogP contribution is 2.46. The number of phenols is 1. The summed E-state index contributed by atoms with van der Waals surface area (Å²) in [5.41, 5.74) is 5.02. The number of halogens is 1. The zero-order chi connectivity index (χ0) is 52.3. The molecule has 0 unspecified atom stereocenters. The fourth-order valence-electron chi connectivity index (χ4n) is 8.26. The quantitative estimate of drug-likeness (QED) is 0.0637. The molecule has 0 fully saturated rings. The first-order valence-electron chi connectivity index (χ1n) is 24.3. The van der Waals surface area contributed by atoms with Gasteiger partial charge in [0.05, 0.1) is 41.2 Å². The molecule has 0 saturated heterocycles. The molecule has 4 amide bonds. The largest absolute Gasteiger partial charge is 0.508 e. The van der Waals surface area contributed by atoms with Gasteiger partial charge >= 0.3 is 12.2 Å². The Morgan fingerprint density at radius 2 is 1.13 bits per heavy atom. The number of carbonyl (C=O) groups is 4. The molecule has 6 rings (SSSR count). The highest BCUT2D eigenvalue weighted by molar-refractivity contribution is 14.1. The summed E-state index contributed by atoms with van der Waals surface area (Å²) < 4.78 is 32.1. The van der Waals surface area contributed by atoms with Crippen LogP contribution >= 0.6 is 22.6 Å². The zero-order valence-corrected chi connectivity index (χ0v) is 48.2. The molecule has 70 heavy (non-hydrogen) atoms. The second kappa shape index (κ2) is 22.5. The van der Waals surface area contributed by atoms with Crippen LogP contribution in [0.3, 0.4) is 0 Å². The van der Waals surface area contributed by atoms with E-state index >= 15 is 0 Å². The molecule has 1 N–H and O–H groups in total. The van der Waals surface area contributed by atoms with Gasteiger partial charge in [-0.05, 0) is 124 Å². The van der Waals surface area contributed by atoms with E-state index < -0.39 is 47.3 Å². The molecule has 0 radical (unpaired) electrons. The van der Waals surface area contributed by atoms with E-state index in [2.05, 4.69) is 103 Å². The average molecular weight is 1110 g/mol. The molecule has 384 valence electrons. The molecule has 0 spiro atoms. The van der Waals surface area contributed by atoms with Gasteiger partial charge in [0, 0.05) is 24.5 Å². The molecule has 14 nitrogen and oxygen atoms in total. The number of unbranched alkanes of at least 4 members (excludes halogenated alkanes) is 2. The van der Waals surface area contributed by atoms with Gasteiger partial charge in [-0.15, -0.1) is 0 Å². The SMILES string of the molecule is C=CCOC(=O)N1c2cc(O)c(C)cc2C(=O)N2C=C(C)C[C@H]2[C@@H]1O[Si](C)(C)C(C)(C)C.C=CCOC(=O)N1c2cc(OCCCCCI)c(C)cc2C(=O)N2C=C(C)C[C@H]2[C@@H]1O[Si](C)(C)C(C)(C)C. The number of anilines is 2. The Labute approximate surface area is 432 Å². The number of nitrogens with zero attached hydrogens (tertiary/aromatic N) is 4. The lowest BCUT2D eigenvalue weighted by Crippen LogP contribution is -2.57. The smallest absolute Gasteiger partial charge is 0.416 e. The maximum Gasteiger partial charge on any atom is 0.416 e. The topological polar surface area (TPSA) is 148 Å². The standard InChI is InChI=1S/C29H43IN2O5Si.C24H34N2O5Si/c1-9-14-36-28(34)32-23-18-25(35-15-12-10-11-13-30)21(3)17-22(23)26(33)31-19-20(2)16-24(31)27(32)37-38(7,8)29(4,5)6;1-9-10-30-23(29)26-18-13-20(27)16(3)12-17(18)21(28)25-14-15(2)11-19(25)22(26)31-32(7,8)24(4,5)6/h9,17-19,24,27H,1,10-16H2,2-8H3;9,12-14,19,22,27H,1,10-11H2,2-8H3/t24-,27-;19-,22-/m00/s1. The second-order valence-electron chi connectivity index (χ2n) is 21.8. The van der Waals surface area contributed by atoms with Gasteiger partial charge in [0.1, 0.15) is 24.7 Å². The van der Waals surface area contributed by atoms with Gasteiger partial charge in [-0.2, -0.15) is 0 Å². The van der Waals surface area contributed by atoms with Crippen LogP contribution in [0.1, 0.15) is 119 Å². The van der Waals surface area contributed by atoms with Crippen LogP contribution < -0.4 is 14.5 Å². The van der Waals surface area contributed by atoms with Crippen LogP contribution in [0.15, 0.2) is 73.1 Å². The first kappa shape index (κ1) is 56.5. The van der Waals surface area contributed by atoms with Crippen molar-refractivity contribution in [3.63, 3.8) is 0 Å². The molecule has 4 aliphatic rings. The minimum atomic E-state index is -2.38. The Balaban J connectivity index is 0.000000265. The Bertz CT molecular complexity index is 2390. The maximum absolute atomic E-state index is 14.0. The predicted octanol–water partition coefficient (Wildman–Crippen LogP) is 12.9. The van der Waals surface area contributed by atoms with E-state index in [0.29, 0.717) is 47.6 Å². The third-order valence-corrected chi connectivity index (χ3v) is 23.9. The number of phenolic OH excluding ortho intramolecular Hbond substituents is 1. The summed E-state index contributed by atoms with van der Waals surface area (Å²) in [6.45, 7) is 37.0. The van der Waals surface area contributed by atoms with Crippen LogP contribution in [0.25, 0.3) is 0 Å². The van der Waals surface area contributed by atoms with Crippen molar-refractivity contribution in [1.82, 2.24) is 9.80 Å². The van der Waals surface area contributed by atoms with Crippen LogP contribution in [0.5, 0.6) is 11.5 Å². The first-order valence-corrected chi connectivity index (χ1v) is 31.6. The number of carbonyl (C=O) groups excluding carboxylic acids is 4. The molecule has 4 heterocycles. The summed E-state index contributed by atoms with van der Waals surface area (Å²) in [6, 6.07) is 5.96. The fourth-order valence-corrected chi connectivity index (χ4v) is 11.2. The van der Waals surface area contributed by atoms with Crippen LogP contribution in [0.4, 0.5) is 21.0 Å². The monoisotopic (exact) mass is 1110 g/mol. The number of fused-ring (bicyclic) bond motifs is 4. The highest BCUT2D eigenvalue weighted by atomic mass is 127. The minimum Gasteiger partial charge on any atom is -0.508 e. The van der Waals surface area contributed by atoms with Crippen LogP contribution in [0, 0.1) is 13.8 Å². The van der Waals surface area contributed by atoms with Crippen molar-refractivity contribution in [3.8, 4) is 11.5 Å². The second-order valence-corrected chi connectivity index (χ2v) is 32.4. The molecule has 0 aliphatic carbocycles. The molecular formula is C53H77IN4O10Si2. The number of amides is 4. The van der Waals surface area contributed by atoms with E-state index in [1.807, 2.05) is 45.3 Å². The molecule has 4 atom stereocenters. The van der Waals surface area contributed by atoms with E-state index in [9.17, 15) is 24.3 Å². The third-order valence-electron chi connectivity index (χ3n) is 14.2. The lowest BCUT2D eigenvalue weighted by molar-refractivity contribution is 0.0587. The van der Waals surface area contributed by atoms with Crippen molar-refractivity contribution >= 4 is 74.6 Å². The van der Waals surface area contributed by atoms with Crippen LogP contribution in [-0.4, -0.2) is 104 Å². The lowest BCUT2D eigenvalue weighted by Gasteiger charge is -2.44. The van der Waals surface area contributed by atoms with Gasteiger partial charge < -0.3 is 38.0 Å². The molecule has 0 saturated carbocycles.